The van der Waals surface area contributed by atoms with Gasteiger partial charge in [-0.3, -0.25) is 4.57 Å². The average molecular weight is 306 g/mol. The Morgan fingerprint density at radius 3 is 2.88 bits per heavy atom. The minimum atomic E-state index is -0.949. The highest BCUT2D eigenvalue weighted by atomic mass is 79.9. The van der Waals surface area contributed by atoms with Gasteiger partial charge in [0.25, 0.3) is 0 Å². The lowest BCUT2D eigenvalue weighted by Gasteiger charge is -2.16. The zero-order valence-corrected chi connectivity index (χ0v) is 10.3. The van der Waals surface area contributed by atoms with Crippen molar-refractivity contribution in [2.45, 2.75) is 23.3 Å². The lowest BCUT2D eigenvalue weighted by atomic mass is 10.2. The normalized spacial score (nSPS) is 32.9. The SMILES string of the molecule is Nc1ccn([C@@H]2O[C@H](CO)[C@@H](Br)[C@@H]2O)c(=O)n1. The summed E-state index contributed by atoms with van der Waals surface area (Å²) in [5, 5.41) is 18.9. The number of hydrogen-bond acceptors (Lipinski definition) is 6. The summed E-state index contributed by atoms with van der Waals surface area (Å²) in [6, 6.07) is 1.44. The highest BCUT2D eigenvalue weighted by molar-refractivity contribution is 9.09. The fourth-order valence-corrected chi connectivity index (χ4v) is 2.26. The smallest absolute Gasteiger partial charge is 0.351 e. The fourth-order valence-electron chi connectivity index (χ4n) is 1.71. The van der Waals surface area contributed by atoms with Gasteiger partial charge in [-0.15, -0.1) is 0 Å². The van der Waals surface area contributed by atoms with Crippen molar-refractivity contribution in [2.24, 2.45) is 0 Å². The number of nitrogens with zero attached hydrogens (tertiary/aromatic N) is 2. The van der Waals surface area contributed by atoms with E-state index in [9.17, 15) is 9.90 Å². The van der Waals surface area contributed by atoms with Crippen LogP contribution in [0.25, 0.3) is 0 Å². The van der Waals surface area contributed by atoms with Gasteiger partial charge in [0.05, 0.1) is 17.5 Å². The van der Waals surface area contributed by atoms with Crippen LogP contribution < -0.4 is 11.4 Å². The molecule has 1 aliphatic heterocycles. The van der Waals surface area contributed by atoms with Crippen LogP contribution >= 0.6 is 15.9 Å². The third-order valence-electron chi connectivity index (χ3n) is 2.59. The largest absolute Gasteiger partial charge is 0.394 e. The molecule has 0 bridgehead atoms. The summed E-state index contributed by atoms with van der Waals surface area (Å²) >= 11 is 3.21. The third-order valence-corrected chi connectivity index (χ3v) is 3.72. The van der Waals surface area contributed by atoms with Crippen molar-refractivity contribution in [1.29, 1.82) is 0 Å². The van der Waals surface area contributed by atoms with Crippen LogP contribution in [0.5, 0.6) is 0 Å². The summed E-state index contributed by atoms with van der Waals surface area (Å²) in [5.74, 6) is 0.104. The van der Waals surface area contributed by atoms with Crippen molar-refractivity contribution < 1.29 is 14.9 Å². The quantitative estimate of drug-likeness (QED) is 0.594. The molecule has 0 aliphatic carbocycles. The van der Waals surface area contributed by atoms with Crippen LogP contribution in [-0.4, -0.2) is 43.4 Å². The van der Waals surface area contributed by atoms with Crippen molar-refractivity contribution >= 4 is 21.7 Å². The number of nitrogen functional groups attached to an aromatic ring is 1. The Morgan fingerprint density at radius 2 is 2.35 bits per heavy atom. The van der Waals surface area contributed by atoms with Gasteiger partial charge in [-0.25, -0.2) is 4.79 Å². The van der Waals surface area contributed by atoms with Crippen LogP contribution in [0.1, 0.15) is 6.23 Å². The van der Waals surface area contributed by atoms with Crippen molar-refractivity contribution in [2.75, 3.05) is 12.3 Å². The van der Waals surface area contributed by atoms with E-state index in [1.54, 1.807) is 0 Å². The lowest BCUT2D eigenvalue weighted by molar-refractivity contribution is -0.0529. The minimum absolute atomic E-state index is 0.104. The number of nitrogens with two attached hydrogens (primary N) is 1. The maximum atomic E-state index is 11.6. The zero-order valence-electron chi connectivity index (χ0n) is 8.73. The van der Waals surface area contributed by atoms with E-state index < -0.39 is 29.0 Å². The first-order valence-corrected chi connectivity index (χ1v) is 5.89. The molecule has 1 saturated heterocycles. The van der Waals surface area contributed by atoms with Gasteiger partial charge in [-0.05, 0) is 6.07 Å². The Labute approximate surface area is 105 Å². The second kappa shape index (κ2) is 4.73. The van der Waals surface area contributed by atoms with Crippen molar-refractivity contribution in [3.05, 3.63) is 22.7 Å². The fraction of sp³-hybridized carbons (Fsp3) is 0.556. The number of ether oxygens (including phenoxy) is 1. The highest BCUT2D eigenvalue weighted by Crippen LogP contribution is 2.32. The minimum Gasteiger partial charge on any atom is -0.394 e. The van der Waals surface area contributed by atoms with E-state index in [4.69, 9.17) is 15.6 Å². The third kappa shape index (κ3) is 2.21. The molecule has 17 heavy (non-hydrogen) atoms. The van der Waals surface area contributed by atoms with Gasteiger partial charge in [-0.2, -0.15) is 4.98 Å². The summed E-state index contributed by atoms with van der Waals surface area (Å²) in [4.78, 5) is 14.7. The van der Waals surface area contributed by atoms with Crippen LogP contribution in [0.2, 0.25) is 0 Å². The summed E-state index contributed by atoms with van der Waals surface area (Å²) in [5.41, 5.74) is 4.76. The van der Waals surface area contributed by atoms with Crippen molar-refractivity contribution in [3.8, 4) is 0 Å². The van der Waals surface area contributed by atoms with Crippen molar-refractivity contribution in [1.82, 2.24) is 9.55 Å². The second-order valence-electron chi connectivity index (χ2n) is 3.72. The molecule has 4 N–H and O–H groups in total. The number of alkyl halides is 1. The van der Waals surface area contributed by atoms with E-state index in [0.29, 0.717) is 0 Å². The summed E-state index contributed by atoms with van der Waals surface area (Å²) in [7, 11) is 0. The van der Waals surface area contributed by atoms with Gasteiger partial charge in [-0.1, -0.05) is 15.9 Å². The first kappa shape index (κ1) is 12.5. The number of halogens is 1. The molecule has 0 unspecified atom stereocenters. The molecule has 1 aromatic rings. The molecule has 0 spiro atoms. The molecule has 2 heterocycles. The molecular weight excluding hydrogens is 294 g/mol. The molecule has 0 saturated carbocycles. The maximum Gasteiger partial charge on any atom is 0.351 e. The molecule has 1 fully saturated rings. The summed E-state index contributed by atoms with van der Waals surface area (Å²) in [6.45, 7) is -0.249. The predicted molar refractivity (Wildman–Crippen MR) is 62.6 cm³/mol. The Hall–Kier alpha value is -0.960. The van der Waals surface area contributed by atoms with Crippen molar-refractivity contribution in [3.63, 3.8) is 0 Å². The molecule has 0 aromatic carbocycles. The van der Waals surface area contributed by atoms with Gasteiger partial charge in [0, 0.05) is 6.20 Å². The molecule has 1 aliphatic rings. The number of aliphatic hydroxyl groups is 2. The predicted octanol–water partition coefficient (Wildman–Crippen LogP) is -1.16. The maximum absolute atomic E-state index is 11.6. The first-order valence-electron chi connectivity index (χ1n) is 4.97. The zero-order chi connectivity index (χ0) is 12.6. The van der Waals surface area contributed by atoms with E-state index in [1.807, 2.05) is 0 Å². The topological polar surface area (TPSA) is 111 Å². The van der Waals surface area contributed by atoms with E-state index in [2.05, 4.69) is 20.9 Å². The molecular formula is C9H12BrN3O4. The van der Waals surface area contributed by atoms with Crippen LogP contribution in [0, 0.1) is 0 Å². The molecule has 2 rings (SSSR count). The highest BCUT2D eigenvalue weighted by Gasteiger charge is 2.43. The first-order chi connectivity index (χ1) is 8.04. The molecule has 94 valence electrons. The number of rotatable bonds is 2. The molecule has 0 amide bonds. The standard InChI is InChI=1S/C9H12BrN3O4/c10-6-4(3-14)17-8(7(6)15)13-2-1-5(11)12-9(13)16/h1-2,4,6-8,14-15H,3H2,(H2,11,12,16)/t4-,6-,7+,8-/m1/s1. The van der Waals surface area contributed by atoms with Gasteiger partial charge in [0.1, 0.15) is 11.9 Å². The monoisotopic (exact) mass is 305 g/mol. The average Bonchev–Trinajstić information content (AvgIpc) is 2.57. The van der Waals surface area contributed by atoms with Crippen LogP contribution in [-0.2, 0) is 4.74 Å². The van der Waals surface area contributed by atoms with Crippen LogP contribution in [0.3, 0.4) is 0 Å². The number of anilines is 1. The lowest BCUT2D eigenvalue weighted by Crippen LogP contribution is -2.33. The Kier molecular flexibility index (Phi) is 3.48. The van der Waals surface area contributed by atoms with Crippen LogP contribution in [0.15, 0.2) is 17.1 Å². The number of aromatic nitrogens is 2. The van der Waals surface area contributed by atoms with E-state index in [-0.39, 0.29) is 12.4 Å². The molecule has 1 aromatic heterocycles. The Morgan fingerprint density at radius 1 is 1.65 bits per heavy atom. The van der Waals surface area contributed by atoms with Gasteiger partial charge in [0.15, 0.2) is 6.23 Å². The van der Waals surface area contributed by atoms with Crippen LogP contribution in [0.4, 0.5) is 5.82 Å². The van der Waals surface area contributed by atoms with Gasteiger partial charge < -0.3 is 20.7 Å². The van der Waals surface area contributed by atoms with E-state index >= 15 is 0 Å². The number of hydrogen-bond donors (Lipinski definition) is 3. The molecule has 0 radical (unpaired) electrons. The Balaban J connectivity index is 2.32. The van der Waals surface area contributed by atoms with Gasteiger partial charge in [0.2, 0.25) is 0 Å². The van der Waals surface area contributed by atoms with Gasteiger partial charge >= 0.3 is 5.69 Å². The molecule has 8 heteroatoms. The van der Waals surface area contributed by atoms with E-state index in [1.165, 1.54) is 12.3 Å². The van der Waals surface area contributed by atoms with E-state index in [0.717, 1.165) is 4.57 Å². The number of aliphatic hydroxyl groups excluding tert-OH is 2. The Bertz CT molecular complexity index is 466. The summed E-state index contributed by atoms with van der Waals surface area (Å²) in [6.07, 6.45) is -0.996. The summed E-state index contributed by atoms with van der Waals surface area (Å²) < 4.78 is 6.52. The second-order valence-corrected chi connectivity index (χ2v) is 4.78. The molecule has 4 atom stereocenters. The molecule has 7 nitrogen and oxygen atoms in total.